The van der Waals surface area contributed by atoms with Gasteiger partial charge in [0.05, 0.1) is 7.47 Å². The van der Waals surface area contributed by atoms with E-state index in [2.05, 4.69) is 4.74 Å². The van der Waals surface area contributed by atoms with Crippen LogP contribution in [0.25, 0.3) is 0 Å². The van der Waals surface area contributed by atoms with Crippen molar-refractivity contribution < 1.29 is 25.9 Å². The van der Waals surface area contributed by atoms with Crippen LogP contribution in [-0.4, -0.2) is 47.2 Å². The van der Waals surface area contributed by atoms with Crippen LogP contribution in [0.1, 0.15) is 15.2 Å². The Kier molecular flexibility index (Phi) is 2.33. The predicted octanol–water partition coefficient (Wildman–Crippen LogP) is -0.941. The van der Waals surface area contributed by atoms with Gasteiger partial charge < -0.3 is 19.7 Å². The van der Waals surface area contributed by atoms with Crippen LogP contribution >= 0.6 is 0 Å². The number of carbonyl (C=O) groups is 1. The number of aliphatic hydroxyl groups is 2. The molecule has 0 aromatic carbocycles. The Hall–Kier alpha value is -0.490. The van der Waals surface area contributed by atoms with Gasteiger partial charge in [-0.2, -0.15) is 0 Å². The average Bonchev–Trinajstić information content (AvgIpc) is 2.29. The van der Waals surface area contributed by atoms with Crippen molar-refractivity contribution in [2.75, 3.05) is 7.11 Å². The van der Waals surface area contributed by atoms with Gasteiger partial charge in [-0.1, -0.05) is 0 Å². The molecule has 13 heavy (non-hydrogen) atoms. The van der Waals surface area contributed by atoms with Crippen LogP contribution < -0.4 is 0 Å². The number of methoxy groups -OCH3 is 1. The highest BCUT2D eigenvalue weighted by atomic mass is 16.7. The van der Waals surface area contributed by atoms with Crippen LogP contribution in [0.2, 0.25) is 0 Å². The molecule has 0 saturated carbocycles. The van der Waals surface area contributed by atoms with Crippen molar-refractivity contribution in [1.82, 2.24) is 0 Å². The summed E-state index contributed by atoms with van der Waals surface area (Å²) in [4.78, 5) is 11.2. The number of hydrogen-bond acceptors (Lipinski definition) is 5. The summed E-state index contributed by atoms with van der Waals surface area (Å²) >= 11 is 0. The van der Waals surface area contributed by atoms with Crippen molar-refractivity contribution in [3.8, 4) is 0 Å². The zero-order chi connectivity index (χ0) is 11.1. The van der Waals surface area contributed by atoms with Crippen LogP contribution in [0, 0.1) is 0 Å². The van der Waals surface area contributed by atoms with Gasteiger partial charge >= 0.3 is 0 Å². The standard InChI is InChI=1S/C8H14O5/c1-4-6(10)8(11,5(2)9)7(12-3)13-4/h4,6-7,10-11H,1-3H3/t4-,6-,7?,8-/m1/s1/i7D. The Morgan fingerprint density at radius 2 is 2.31 bits per heavy atom. The molecule has 0 aromatic rings. The number of aliphatic hydroxyl groups excluding tert-OH is 1. The predicted molar refractivity (Wildman–Crippen MR) is 43.0 cm³/mol. The fraction of sp³-hybridized carbons (Fsp3) is 0.875. The van der Waals surface area contributed by atoms with Gasteiger partial charge in [0.1, 0.15) is 6.10 Å². The van der Waals surface area contributed by atoms with E-state index >= 15 is 0 Å². The lowest BCUT2D eigenvalue weighted by atomic mass is 9.92. The molecule has 0 aliphatic carbocycles. The molecule has 0 aromatic heterocycles. The van der Waals surface area contributed by atoms with E-state index in [1.807, 2.05) is 0 Å². The molecule has 1 saturated heterocycles. The van der Waals surface area contributed by atoms with Gasteiger partial charge in [0.2, 0.25) is 5.60 Å². The molecule has 1 heterocycles. The smallest absolute Gasteiger partial charge is 0.202 e. The third-order valence-electron chi connectivity index (χ3n) is 2.20. The first-order valence-electron chi connectivity index (χ1n) is 4.44. The molecule has 1 fully saturated rings. The highest BCUT2D eigenvalue weighted by Crippen LogP contribution is 2.32. The van der Waals surface area contributed by atoms with Crippen molar-refractivity contribution in [1.29, 1.82) is 0 Å². The van der Waals surface area contributed by atoms with Crippen LogP contribution in [0.15, 0.2) is 0 Å². The van der Waals surface area contributed by atoms with Gasteiger partial charge in [-0.25, -0.2) is 0 Å². The normalized spacial score (nSPS) is 51.9. The van der Waals surface area contributed by atoms with Crippen molar-refractivity contribution in [2.24, 2.45) is 0 Å². The van der Waals surface area contributed by atoms with Gasteiger partial charge in [-0.3, -0.25) is 4.79 Å². The molecular formula is C8H14O5. The molecule has 0 spiro atoms. The highest BCUT2D eigenvalue weighted by Gasteiger charge is 2.57. The molecule has 0 bridgehead atoms. The van der Waals surface area contributed by atoms with Crippen molar-refractivity contribution in [3.63, 3.8) is 0 Å². The summed E-state index contributed by atoms with van der Waals surface area (Å²) < 4.78 is 17.1. The lowest BCUT2D eigenvalue weighted by Crippen LogP contribution is -2.54. The zero-order valence-electron chi connectivity index (χ0n) is 8.77. The number of rotatable bonds is 2. The van der Waals surface area contributed by atoms with Crippen molar-refractivity contribution in [2.45, 2.75) is 37.9 Å². The molecule has 5 heteroatoms. The zero-order valence-corrected chi connectivity index (χ0v) is 7.77. The molecule has 2 N–H and O–H groups in total. The van der Waals surface area contributed by atoms with E-state index in [4.69, 9.17) is 6.11 Å². The summed E-state index contributed by atoms with van der Waals surface area (Å²) in [6.45, 7) is 2.53. The molecule has 4 atom stereocenters. The summed E-state index contributed by atoms with van der Waals surface area (Å²) in [7, 11) is 1.13. The van der Waals surface area contributed by atoms with Gasteiger partial charge in [-0.05, 0) is 13.8 Å². The minimum absolute atomic E-state index is 0.758. The maximum Gasteiger partial charge on any atom is 0.202 e. The van der Waals surface area contributed by atoms with E-state index in [0.29, 0.717) is 0 Å². The Bertz CT molecular complexity index is 258. The Morgan fingerprint density at radius 3 is 2.62 bits per heavy atom. The number of hydrogen-bond donors (Lipinski definition) is 2. The van der Waals surface area contributed by atoms with Crippen molar-refractivity contribution >= 4 is 5.78 Å². The lowest BCUT2D eigenvalue weighted by molar-refractivity contribution is -0.194. The summed E-state index contributed by atoms with van der Waals surface area (Å²) in [5, 5.41) is 19.4. The Morgan fingerprint density at radius 1 is 1.77 bits per heavy atom. The third-order valence-corrected chi connectivity index (χ3v) is 2.20. The van der Waals surface area contributed by atoms with Crippen molar-refractivity contribution in [3.05, 3.63) is 0 Å². The van der Waals surface area contributed by atoms with E-state index < -0.39 is 29.9 Å². The number of carbonyl (C=O) groups excluding carboxylic acids is 1. The maximum atomic E-state index is 11.2. The monoisotopic (exact) mass is 191 g/mol. The Balaban J connectivity index is 3.16. The molecule has 1 aliphatic rings. The second-order valence-corrected chi connectivity index (χ2v) is 3.08. The molecule has 76 valence electrons. The minimum atomic E-state index is -2.33. The number of ketones is 1. The summed E-state index contributed by atoms with van der Waals surface area (Å²) in [6, 6.07) is 0. The average molecular weight is 191 g/mol. The number of Topliss-reactive ketones (excluding diaryl/α,β-unsaturated/α-hetero) is 1. The first-order valence-corrected chi connectivity index (χ1v) is 3.94. The van der Waals surface area contributed by atoms with E-state index in [9.17, 15) is 15.0 Å². The fourth-order valence-corrected chi connectivity index (χ4v) is 1.34. The quantitative estimate of drug-likeness (QED) is 0.589. The van der Waals surface area contributed by atoms with Crippen LogP contribution in [0.3, 0.4) is 0 Å². The molecule has 0 amide bonds. The van der Waals surface area contributed by atoms with Crippen LogP contribution in [0.5, 0.6) is 0 Å². The van der Waals surface area contributed by atoms with E-state index in [-0.39, 0.29) is 0 Å². The molecule has 0 radical (unpaired) electrons. The van der Waals surface area contributed by atoms with E-state index in [0.717, 1.165) is 14.0 Å². The number of ether oxygens (including phenoxy) is 2. The Labute approximate surface area is 77.7 Å². The highest BCUT2D eigenvalue weighted by molar-refractivity contribution is 5.86. The summed E-state index contributed by atoms with van der Waals surface area (Å²) in [5.41, 5.74) is -2.33. The second kappa shape index (κ2) is 3.34. The summed E-state index contributed by atoms with van der Waals surface area (Å²) in [6.07, 6.45) is -4.53. The topological polar surface area (TPSA) is 76.0 Å². The van der Waals surface area contributed by atoms with Crippen LogP contribution in [-0.2, 0) is 14.3 Å². The lowest BCUT2D eigenvalue weighted by Gasteiger charge is -2.26. The molecule has 1 unspecified atom stereocenters. The third kappa shape index (κ3) is 1.38. The minimum Gasteiger partial charge on any atom is -0.387 e. The first kappa shape index (κ1) is 9.08. The molecule has 1 rings (SSSR count). The van der Waals surface area contributed by atoms with Gasteiger partial charge in [0.25, 0.3) is 0 Å². The van der Waals surface area contributed by atoms with Crippen LogP contribution in [0.4, 0.5) is 0 Å². The maximum absolute atomic E-state index is 11.2. The molecule has 1 aliphatic heterocycles. The molecule has 5 nitrogen and oxygen atoms in total. The second-order valence-electron chi connectivity index (χ2n) is 3.08. The fourth-order valence-electron chi connectivity index (χ4n) is 1.34. The summed E-state index contributed by atoms with van der Waals surface area (Å²) in [5.74, 6) is -0.758. The first-order chi connectivity index (χ1) is 6.29. The van der Waals surface area contributed by atoms with E-state index in [1.165, 1.54) is 6.92 Å². The SMILES string of the molecule is [2H]C1(OC)O[C@H](C)[C@@H](O)[C@]1(O)C(C)=O. The van der Waals surface area contributed by atoms with Gasteiger partial charge in [0.15, 0.2) is 12.0 Å². The van der Waals surface area contributed by atoms with Gasteiger partial charge in [0, 0.05) is 7.11 Å². The molecular weight excluding hydrogens is 176 g/mol. The largest absolute Gasteiger partial charge is 0.387 e. The van der Waals surface area contributed by atoms with E-state index in [1.54, 1.807) is 0 Å². The van der Waals surface area contributed by atoms with Gasteiger partial charge in [-0.15, -0.1) is 0 Å².